The van der Waals surface area contributed by atoms with E-state index in [2.05, 4.69) is 15.6 Å². The van der Waals surface area contributed by atoms with Crippen molar-refractivity contribution < 1.29 is 14.3 Å². The molecular weight excluding hydrogens is 471 g/mol. The molecule has 1 aromatic carbocycles. The molecule has 8 heteroatoms. The van der Waals surface area contributed by atoms with E-state index < -0.39 is 0 Å². The molecule has 1 saturated carbocycles. The lowest BCUT2D eigenvalue weighted by atomic mass is 10.0. The summed E-state index contributed by atoms with van der Waals surface area (Å²) in [6, 6.07) is 7.83. The molecule has 1 aliphatic carbocycles. The van der Waals surface area contributed by atoms with E-state index in [0.717, 1.165) is 30.9 Å². The first-order valence-electron chi connectivity index (χ1n) is 9.32. The van der Waals surface area contributed by atoms with Crippen molar-refractivity contribution in [3.8, 4) is 5.75 Å². The number of aliphatic imine (C=N–C) groups is 1. The number of methoxy groups -OCH3 is 2. The molecule has 0 unspecified atom stereocenters. The summed E-state index contributed by atoms with van der Waals surface area (Å²) in [6.45, 7) is 2.35. The molecule has 2 N–H and O–H groups in total. The van der Waals surface area contributed by atoms with Gasteiger partial charge >= 0.3 is 0 Å². The van der Waals surface area contributed by atoms with Gasteiger partial charge in [-0.1, -0.05) is 12.1 Å². The predicted molar refractivity (Wildman–Crippen MR) is 122 cm³/mol. The Morgan fingerprint density at radius 2 is 1.86 bits per heavy atom. The molecule has 0 saturated heterocycles. The lowest BCUT2D eigenvalue weighted by Gasteiger charge is -2.19. The predicted octanol–water partition coefficient (Wildman–Crippen LogP) is 2.25. The first-order valence-corrected chi connectivity index (χ1v) is 9.32. The molecule has 1 amide bonds. The van der Waals surface area contributed by atoms with Gasteiger partial charge in [-0.2, -0.15) is 0 Å². The van der Waals surface area contributed by atoms with Crippen LogP contribution >= 0.6 is 24.0 Å². The first kappa shape index (κ1) is 24.5. The standard InChI is InChI=1S/C20H32N4O3.HI/c1-24(2)18(25)14-22-19(23-15-20(9-10-20)11-12-26-3)21-13-16-5-7-17(27-4)8-6-16;/h5-8H,9-15H2,1-4H3,(H2,21,22,23);1H. The van der Waals surface area contributed by atoms with Crippen LogP contribution < -0.4 is 15.4 Å². The van der Waals surface area contributed by atoms with Crippen molar-refractivity contribution in [1.29, 1.82) is 0 Å². The number of likely N-dealkylation sites (N-methyl/N-ethyl adjacent to an activating group) is 1. The second-order valence-electron chi connectivity index (χ2n) is 7.25. The van der Waals surface area contributed by atoms with E-state index in [1.54, 1.807) is 33.2 Å². The van der Waals surface area contributed by atoms with E-state index in [4.69, 9.17) is 9.47 Å². The molecule has 0 radical (unpaired) electrons. The Morgan fingerprint density at radius 3 is 2.39 bits per heavy atom. The molecule has 0 bridgehead atoms. The molecule has 0 spiro atoms. The number of hydrogen-bond acceptors (Lipinski definition) is 4. The largest absolute Gasteiger partial charge is 0.497 e. The number of carbonyl (C=O) groups excluding carboxylic acids is 1. The van der Waals surface area contributed by atoms with Crippen molar-refractivity contribution in [2.75, 3.05) is 48.0 Å². The van der Waals surface area contributed by atoms with E-state index >= 15 is 0 Å². The summed E-state index contributed by atoms with van der Waals surface area (Å²) >= 11 is 0. The van der Waals surface area contributed by atoms with Gasteiger partial charge in [0.05, 0.1) is 20.2 Å². The third-order valence-electron chi connectivity index (χ3n) is 4.91. The third-order valence-corrected chi connectivity index (χ3v) is 4.91. The minimum absolute atomic E-state index is 0. The minimum atomic E-state index is 0. The lowest BCUT2D eigenvalue weighted by Crippen LogP contribution is -2.44. The molecule has 1 aromatic rings. The first-order chi connectivity index (χ1) is 13.0. The quantitative estimate of drug-likeness (QED) is 0.291. The van der Waals surface area contributed by atoms with Gasteiger partial charge in [-0.25, -0.2) is 4.99 Å². The van der Waals surface area contributed by atoms with E-state index in [9.17, 15) is 4.79 Å². The average molecular weight is 504 g/mol. The normalized spacial score (nSPS) is 14.6. The Hall–Kier alpha value is -1.55. The maximum atomic E-state index is 11.9. The highest BCUT2D eigenvalue weighted by Gasteiger charge is 2.41. The summed E-state index contributed by atoms with van der Waals surface area (Å²) in [5, 5.41) is 6.55. The van der Waals surface area contributed by atoms with Crippen LogP contribution in [0.1, 0.15) is 24.8 Å². The van der Waals surface area contributed by atoms with Gasteiger partial charge in [-0.05, 0) is 42.4 Å². The van der Waals surface area contributed by atoms with E-state index in [0.29, 0.717) is 17.9 Å². The van der Waals surface area contributed by atoms with Gasteiger partial charge in [0, 0.05) is 34.4 Å². The van der Waals surface area contributed by atoms with E-state index in [1.807, 2.05) is 24.3 Å². The van der Waals surface area contributed by atoms with Crippen molar-refractivity contribution in [3.05, 3.63) is 29.8 Å². The maximum Gasteiger partial charge on any atom is 0.241 e. The Bertz CT molecular complexity index is 631. The van der Waals surface area contributed by atoms with Crippen molar-refractivity contribution in [2.45, 2.75) is 25.8 Å². The van der Waals surface area contributed by atoms with Crippen LogP contribution in [0.5, 0.6) is 5.75 Å². The molecule has 0 aromatic heterocycles. The summed E-state index contributed by atoms with van der Waals surface area (Å²) in [4.78, 5) is 18.1. The highest BCUT2D eigenvalue weighted by molar-refractivity contribution is 14.0. The van der Waals surface area contributed by atoms with Gasteiger partial charge in [0.1, 0.15) is 5.75 Å². The van der Waals surface area contributed by atoms with Gasteiger partial charge in [-0.3, -0.25) is 4.79 Å². The summed E-state index contributed by atoms with van der Waals surface area (Å²) in [5.74, 6) is 1.49. The van der Waals surface area contributed by atoms with E-state index in [1.165, 1.54) is 12.8 Å². The molecule has 28 heavy (non-hydrogen) atoms. The number of nitrogens with zero attached hydrogens (tertiary/aromatic N) is 2. The second-order valence-corrected chi connectivity index (χ2v) is 7.25. The minimum Gasteiger partial charge on any atom is -0.497 e. The Kier molecular flexibility index (Phi) is 10.6. The fourth-order valence-electron chi connectivity index (χ4n) is 2.67. The molecule has 0 heterocycles. The fourth-order valence-corrected chi connectivity index (χ4v) is 2.67. The van der Waals surface area contributed by atoms with Gasteiger partial charge in [0.25, 0.3) is 0 Å². The highest BCUT2D eigenvalue weighted by Crippen LogP contribution is 2.48. The number of carbonyl (C=O) groups is 1. The smallest absolute Gasteiger partial charge is 0.241 e. The van der Waals surface area contributed by atoms with Crippen molar-refractivity contribution in [1.82, 2.24) is 15.5 Å². The molecule has 1 fully saturated rings. The maximum absolute atomic E-state index is 11.9. The number of hydrogen-bond donors (Lipinski definition) is 2. The van der Waals surface area contributed by atoms with Crippen LogP contribution in [-0.4, -0.2) is 64.8 Å². The zero-order valence-corrected chi connectivity index (χ0v) is 19.6. The van der Waals surface area contributed by atoms with Crippen LogP contribution in [0.4, 0.5) is 0 Å². The van der Waals surface area contributed by atoms with Crippen molar-refractivity contribution in [2.24, 2.45) is 10.4 Å². The molecule has 2 rings (SSSR count). The molecule has 0 atom stereocenters. The van der Waals surface area contributed by atoms with E-state index in [-0.39, 0.29) is 36.4 Å². The second kappa shape index (κ2) is 12.1. The Balaban J connectivity index is 0.00000392. The van der Waals surface area contributed by atoms with Crippen LogP contribution in [0.2, 0.25) is 0 Å². The number of guanidine groups is 1. The number of nitrogens with one attached hydrogen (secondary N) is 2. The van der Waals surface area contributed by atoms with Crippen LogP contribution in [0, 0.1) is 5.41 Å². The summed E-state index contributed by atoms with van der Waals surface area (Å²) in [5.41, 5.74) is 1.38. The van der Waals surface area contributed by atoms with Gasteiger partial charge in [0.2, 0.25) is 5.91 Å². The van der Waals surface area contributed by atoms with Crippen LogP contribution in [-0.2, 0) is 16.1 Å². The molecule has 1 aliphatic rings. The lowest BCUT2D eigenvalue weighted by molar-refractivity contribution is -0.127. The number of rotatable bonds is 10. The molecule has 7 nitrogen and oxygen atoms in total. The van der Waals surface area contributed by atoms with Crippen molar-refractivity contribution >= 4 is 35.8 Å². The fraction of sp³-hybridized carbons (Fsp3) is 0.600. The van der Waals surface area contributed by atoms with Crippen LogP contribution in [0.15, 0.2) is 29.3 Å². The molecular formula is C20H33IN4O3. The van der Waals surface area contributed by atoms with Crippen LogP contribution in [0.25, 0.3) is 0 Å². The average Bonchev–Trinajstić information content (AvgIpc) is 3.46. The third kappa shape index (κ3) is 8.22. The summed E-state index contributed by atoms with van der Waals surface area (Å²) in [7, 11) is 6.88. The molecule has 158 valence electrons. The zero-order valence-electron chi connectivity index (χ0n) is 17.3. The summed E-state index contributed by atoms with van der Waals surface area (Å²) in [6.07, 6.45) is 3.44. The number of ether oxygens (including phenoxy) is 2. The number of halogens is 1. The van der Waals surface area contributed by atoms with Crippen LogP contribution in [0.3, 0.4) is 0 Å². The number of benzene rings is 1. The highest BCUT2D eigenvalue weighted by atomic mass is 127. The molecule has 0 aliphatic heterocycles. The monoisotopic (exact) mass is 504 g/mol. The SMILES string of the molecule is COCCC1(CNC(=NCc2ccc(OC)cc2)NCC(=O)N(C)C)CC1.I. The summed E-state index contributed by atoms with van der Waals surface area (Å²) < 4.78 is 10.4. The topological polar surface area (TPSA) is 75.2 Å². The Morgan fingerprint density at radius 1 is 1.18 bits per heavy atom. The van der Waals surface area contributed by atoms with Gasteiger partial charge in [0.15, 0.2) is 5.96 Å². The zero-order chi connectivity index (χ0) is 19.7. The van der Waals surface area contributed by atoms with Gasteiger partial charge < -0.3 is 25.0 Å². The van der Waals surface area contributed by atoms with Crippen molar-refractivity contribution in [3.63, 3.8) is 0 Å². The Labute approximate surface area is 185 Å². The van der Waals surface area contributed by atoms with Gasteiger partial charge in [-0.15, -0.1) is 24.0 Å². The number of amides is 1.